The highest BCUT2D eigenvalue weighted by atomic mass is 16.6. The maximum absolute atomic E-state index is 14.7. The summed E-state index contributed by atoms with van der Waals surface area (Å²) in [4.78, 5) is 68.9. The molecule has 3 aliphatic carbocycles. The molecule has 4 amide bonds. The summed E-state index contributed by atoms with van der Waals surface area (Å²) in [6.07, 6.45) is 8.15. The van der Waals surface area contributed by atoms with Gasteiger partial charge in [-0.15, -0.1) is 0 Å². The molecule has 0 bridgehead atoms. The molecule has 3 fully saturated rings. The van der Waals surface area contributed by atoms with Crippen LogP contribution in [0.1, 0.15) is 122 Å². The second-order valence-corrected chi connectivity index (χ2v) is 17.2. The molecular weight excluding hydrogens is 709 g/mol. The fourth-order valence-electron chi connectivity index (χ4n) is 9.34. The van der Waals surface area contributed by atoms with Gasteiger partial charge in [-0.1, -0.05) is 100 Å². The Balaban J connectivity index is 1.34. The van der Waals surface area contributed by atoms with Crippen molar-refractivity contribution in [3.63, 3.8) is 0 Å². The standard InChI is InChI=1S/C45H64N4O7/c1-7-31(39(50)46-38(41(52)55-6)27-29-19-11-9-12-20-29)33-23-15-17-25-36(33)47-42(53)45(28-35(45)30-21-13-10-14-22-30)49-40(51)32(8-2)34-24-16-18-26-37(34)48-43(54)56-44(3,4)5/h9-14,19-22,31-38H,7-8,15-18,23-28H2,1-6H3,(H,46,50)(H,47,53)(H,48,54)(H,49,51)/t31-,32-,33-,34-,35-,36-,37-,38-,45?/m1/s1. The van der Waals surface area contributed by atoms with Crippen LogP contribution in [0, 0.1) is 23.7 Å². The van der Waals surface area contributed by atoms with Gasteiger partial charge < -0.3 is 30.7 Å². The van der Waals surface area contributed by atoms with Gasteiger partial charge >= 0.3 is 12.1 Å². The molecule has 1 unspecified atom stereocenters. The second kappa shape index (κ2) is 19.2. The number of esters is 1. The lowest BCUT2D eigenvalue weighted by Gasteiger charge is -2.39. The van der Waals surface area contributed by atoms with Crippen LogP contribution in [0.2, 0.25) is 0 Å². The summed E-state index contributed by atoms with van der Waals surface area (Å²) in [5.41, 5.74) is 0.107. The van der Waals surface area contributed by atoms with Gasteiger partial charge in [-0.05, 0) is 88.7 Å². The van der Waals surface area contributed by atoms with Crippen LogP contribution in [0.4, 0.5) is 4.79 Å². The molecule has 0 aliphatic heterocycles. The van der Waals surface area contributed by atoms with Crippen LogP contribution in [0.3, 0.4) is 0 Å². The van der Waals surface area contributed by atoms with E-state index < -0.39 is 41.1 Å². The molecule has 0 radical (unpaired) electrons. The van der Waals surface area contributed by atoms with Gasteiger partial charge in [-0.3, -0.25) is 14.4 Å². The van der Waals surface area contributed by atoms with Crippen molar-refractivity contribution >= 4 is 29.8 Å². The number of alkyl carbamates (subject to hydrolysis) is 1. The topological polar surface area (TPSA) is 152 Å². The summed E-state index contributed by atoms with van der Waals surface area (Å²) < 4.78 is 10.7. The molecule has 0 spiro atoms. The molecule has 0 heterocycles. The first kappa shape index (κ1) is 42.7. The number of carbonyl (C=O) groups is 5. The van der Waals surface area contributed by atoms with Crippen LogP contribution < -0.4 is 21.3 Å². The zero-order chi connectivity index (χ0) is 40.5. The lowest BCUT2D eigenvalue weighted by atomic mass is 9.74. The molecule has 5 rings (SSSR count). The Morgan fingerprint density at radius 3 is 1.84 bits per heavy atom. The maximum Gasteiger partial charge on any atom is 0.407 e. The number of nitrogens with one attached hydrogen (secondary N) is 4. The Morgan fingerprint density at radius 1 is 0.750 bits per heavy atom. The Hall–Kier alpha value is -4.41. The summed E-state index contributed by atoms with van der Waals surface area (Å²) in [5.74, 6) is -2.46. The van der Waals surface area contributed by atoms with Gasteiger partial charge in [0.1, 0.15) is 17.2 Å². The first-order valence-electron chi connectivity index (χ1n) is 20.9. The number of ether oxygens (including phenoxy) is 2. The van der Waals surface area contributed by atoms with E-state index in [1.165, 1.54) is 7.11 Å². The highest BCUT2D eigenvalue weighted by Crippen LogP contribution is 2.52. The van der Waals surface area contributed by atoms with Crippen molar-refractivity contribution in [2.45, 2.75) is 147 Å². The van der Waals surface area contributed by atoms with Crippen molar-refractivity contribution in [3.8, 4) is 0 Å². The summed E-state index contributed by atoms with van der Waals surface area (Å²) >= 11 is 0. The van der Waals surface area contributed by atoms with Gasteiger partial charge in [0, 0.05) is 36.3 Å². The molecule has 3 saturated carbocycles. The predicted octanol–water partition coefficient (Wildman–Crippen LogP) is 6.74. The van der Waals surface area contributed by atoms with E-state index in [0.29, 0.717) is 32.1 Å². The number of amides is 4. The molecule has 4 N–H and O–H groups in total. The minimum absolute atomic E-state index is 0.0995. The van der Waals surface area contributed by atoms with E-state index >= 15 is 0 Å². The normalized spacial score (nSPS) is 26.4. The van der Waals surface area contributed by atoms with Gasteiger partial charge in [-0.2, -0.15) is 0 Å². The first-order chi connectivity index (χ1) is 26.8. The van der Waals surface area contributed by atoms with Crippen LogP contribution in [-0.2, 0) is 35.1 Å². The van der Waals surface area contributed by atoms with E-state index in [9.17, 15) is 24.0 Å². The number of rotatable bonds is 15. The number of methoxy groups -OCH3 is 1. The molecule has 2 aromatic carbocycles. The summed E-state index contributed by atoms with van der Waals surface area (Å²) in [7, 11) is 1.32. The summed E-state index contributed by atoms with van der Waals surface area (Å²) in [6, 6.07) is 18.0. The molecule has 0 saturated heterocycles. The van der Waals surface area contributed by atoms with Crippen LogP contribution in [0.5, 0.6) is 0 Å². The molecule has 9 atom stereocenters. The maximum atomic E-state index is 14.7. The largest absolute Gasteiger partial charge is 0.467 e. The smallest absolute Gasteiger partial charge is 0.407 e. The first-order valence-corrected chi connectivity index (χ1v) is 20.9. The van der Waals surface area contributed by atoms with Crippen LogP contribution in [0.15, 0.2) is 60.7 Å². The van der Waals surface area contributed by atoms with Crippen molar-refractivity contribution in [1.82, 2.24) is 21.3 Å². The van der Waals surface area contributed by atoms with Gasteiger partial charge in [0.25, 0.3) is 0 Å². The third kappa shape index (κ3) is 10.7. The van der Waals surface area contributed by atoms with Crippen LogP contribution >= 0.6 is 0 Å². The average molecular weight is 773 g/mol. The van der Waals surface area contributed by atoms with E-state index in [2.05, 4.69) is 21.3 Å². The monoisotopic (exact) mass is 772 g/mol. The molecular formula is C45H64N4O7. The van der Waals surface area contributed by atoms with Gasteiger partial charge in [0.15, 0.2) is 0 Å². The lowest BCUT2D eigenvalue weighted by Crippen LogP contribution is -2.58. The molecule has 2 aromatic rings. The Bertz CT molecular complexity index is 1650. The number of hydrogen-bond acceptors (Lipinski definition) is 7. The van der Waals surface area contributed by atoms with E-state index in [0.717, 1.165) is 56.1 Å². The number of carbonyl (C=O) groups excluding carboxylic acids is 5. The van der Waals surface area contributed by atoms with E-state index in [1.54, 1.807) is 0 Å². The van der Waals surface area contributed by atoms with Crippen molar-refractivity contribution in [2.24, 2.45) is 23.7 Å². The summed E-state index contributed by atoms with van der Waals surface area (Å²) in [5, 5.41) is 12.7. The van der Waals surface area contributed by atoms with Gasteiger partial charge in [-0.25, -0.2) is 9.59 Å². The molecule has 56 heavy (non-hydrogen) atoms. The van der Waals surface area contributed by atoms with Crippen molar-refractivity contribution in [2.75, 3.05) is 7.11 Å². The molecule has 11 nitrogen and oxygen atoms in total. The van der Waals surface area contributed by atoms with Crippen molar-refractivity contribution < 1.29 is 33.4 Å². The highest BCUT2D eigenvalue weighted by molar-refractivity contribution is 5.97. The molecule has 11 heteroatoms. The van der Waals surface area contributed by atoms with Gasteiger partial charge in [0.2, 0.25) is 17.7 Å². The van der Waals surface area contributed by atoms with Crippen LogP contribution in [-0.4, -0.2) is 66.2 Å². The lowest BCUT2D eigenvalue weighted by molar-refractivity contribution is -0.146. The fourth-order valence-corrected chi connectivity index (χ4v) is 9.34. The Morgan fingerprint density at radius 2 is 1.29 bits per heavy atom. The molecule has 3 aliphatic rings. The summed E-state index contributed by atoms with van der Waals surface area (Å²) in [6.45, 7) is 9.45. The van der Waals surface area contributed by atoms with Crippen molar-refractivity contribution in [1.29, 1.82) is 0 Å². The Kier molecular flexibility index (Phi) is 14.6. The second-order valence-electron chi connectivity index (χ2n) is 17.2. The third-order valence-electron chi connectivity index (χ3n) is 12.2. The third-order valence-corrected chi connectivity index (χ3v) is 12.2. The number of hydrogen-bond donors (Lipinski definition) is 4. The van der Waals surface area contributed by atoms with E-state index in [-0.39, 0.29) is 47.6 Å². The minimum Gasteiger partial charge on any atom is -0.467 e. The number of benzene rings is 2. The van der Waals surface area contributed by atoms with Crippen molar-refractivity contribution in [3.05, 3.63) is 71.8 Å². The van der Waals surface area contributed by atoms with E-state index in [4.69, 9.17) is 9.47 Å². The fraction of sp³-hybridized carbons (Fsp3) is 0.622. The van der Waals surface area contributed by atoms with Gasteiger partial charge in [0.05, 0.1) is 7.11 Å². The van der Waals surface area contributed by atoms with E-state index in [1.807, 2.05) is 95.3 Å². The quantitative estimate of drug-likeness (QED) is 0.146. The Labute approximate surface area is 333 Å². The SMILES string of the molecule is CC[C@@H](C(=O)NC1(C(=O)N[C@@H]2CCCC[C@@H]2[C@@H](CC)C(=O)N[C@H](Cc2ccccc2)C(=O)OC)C[C@@H]1c1ccccc1)[C@H]1CCCC[C@H]1NC(=O)OC(C)(C)C. The zero-order valence-corrected chi connectivity index (χ0v) is 34.2. The average Bonchev–Trinajstić information content (AvgIpc) is 3.91. The minimum atomic E-state index is -1.15. The molecule has 0 aromatic heterocycles. The zero-order valence-electron chi connectivity index (χ0n) is 34.2. The highest BCUT2D eigenvalue weighted by Gasteiger charge is 2.62. The van der Waals surface area contributed by atoms with Crippen LogP contribution in [0.25, 0.3) is 0 Å². The predicted molar refractivity (Wildman–Crippen MR) is 215 cm³/mol. The molecule has 306 valence electrons.